The van der Waals surface area contributed by atoms with Crippen LogP contribution in [-0.2, 0) is 14.8 Å². The highest BCUT2D eigenvalue weighted by Gasteiger charge is 2.18. The molecule has 0 aliphatic heterocycles. The highest BCUT2D eigenvalue weighted by Crippen LogP contribution is 2.24. The first-order chi connectivity index (χ1) is 14.8. The van der Waals surface area contributed by atoms with Crippen molar-refractivity contribution in [1.82, 2.24) is 0 Å². The lowest BCUT2D eigenvalue weighted by Crippen LogP contribution is -2.30. The van der Waals surface area contributed by atoms with Crippen LogP contribution in [0.15, 0.2) is 77.7 Å². The van der Waals surface area contributed by atoms with Gasteiger partial charge in [-0.25, -0.2) is 8.42 Å². The van der Waals surface area contributed by atoms with Crippen LogP contribution in [0.3, 0.4) is 0 Å². The third kappa shape index (κ3) is 5.41. The number of sulfonamides is 1. The van der Waals surface area contributed by atoms with Crippen LogP contribution in [-0.4, -0.2) is 20.4 Å². The molecule has 1 amide bonds. The molecule has 2 N–H and O–H groups in total. The lowest BCUT2D eigenvalue weighted by Gasteiger charge is -2.17. The third-order valence-electron chi connectivity index (χ3n) is 4.48. The fourth-order valence-electron chi connectivity index (χ4n) is 2.76. The van der Waals surface area contributed by atoms with Crippen molar-refractivity contribution in [3.63, 3.8) is 0 Å². The summed E-state index contributed by atoms with van der Waals surface area (Å²) < 4.78 is 33.4. The molecule has 0 aliphatic carbocycles. The van der Waals surface area contributed by atoms with Crippen molar-refractivity contribution in [3.05, 3.63) is 83.9 Å². The molecule has 0 fully saturated rings. The van der Waals surface area contributed by atoms with Crippen molar-refractivity contribution < 1.29 is 17.9 Å². The van der Waals surface area contributed by atoms with Gasteiger partial charge in [0.05, 0.1) is 16.1 Å². The summed E-state index contributed by atoms with van der Waals surface area (Å²) in [6.07, 6.45) is -0.875. The van der Waals surface area contributed by atoms with E-state index in [0.717, 1.165) is 0 Å². The number of ether oxygens (including phenoxy) is 1. The smallest absolute Gasteiger partial charge is 0.265 e. The molecule has 8 heteroatoms. The van der Waals surface area contributed by atoms with Crippen molar-refractivity contribution in [3.8, 4) is 11.8 Å². The van der Waals surface area contributed by atoms with Crippen LogP contribution in [0.25, 0.3) is 0 Å². The molecule has 31 heavy (non-hydrogen) atoms. The van der Waals surface area contributed by atoms with Gasteiger partial charge in [-0.2, -0.15) is 5.26 Å². The SMILES string of the molecule is Cc1ccc(NC(=O)C(C)Oc2ccccc2C#N)cc1NS(=O)(=O)c1ccccc1. The number of nitriles is 1. The molecular formula is C23H21N3O4S. The number of nitrogens with one attached hydrogen (secondary N) is 2. The number of benzene rings is 3. The van der Waals surface area contributed by atoms with Gasteiger partial charge in [0.25, 0.3) is 15.9 Å². The van der Waals surface area contributed by atoms with Crippen LogP contribution in [0.1, 0.15) is 18.1 Å². The molecule has 0 saturated heterocycles. The number of nitrogens with zero attached hydrogens (tertiary/aromatic N) is 1. The van der Waals surface area contributed by atoms with Crippen molar-refractivity contribution in [2.75, 3.05) is 10.0 Å². The second kappa shape index (κ2) is 9.32. The molecule has 0 spiro atoms. The van der Waals surface area contributed by atoms with E-state index in [1.807, 2.05) is 6.07 Å². The summed E-state index contributed by atoms with van der Waals surface area (Å²) in [6.45, 7) is 3.33. The van der Waals surface area contributed by atoms with Gasteiger partial charge in [0.2, 0.25) is 0 Å². The number of hydrogen-bond donors (Lipinski definition) is 2. The Bertz CT molecular complexity index is 1240. The predicted molar refractivity (Wildman–Crippen MR) is 118 cm³/mol. The second-order valence-electron chi connectivity index (χ2n) is 6.81. The average molecular weight is 436 g/mol. The molecule has 7 nitrogen and oxygen atoms in total. The molecule has 0 aromatic heterocycles. The Labute approximate surface area is 181 Å². The van der Waals surface area contributed by atoms with Crippen molar-refractivity contribution >= 4 is 27.3 Å². The van der Waals surface area contributed by atoms with Crippen LogP contribution in [0.5, 0.6) is 5.75 Å². The molecular weight excluding hydrogens is 414 g/mol. The average Bonchev–Trinajstić information content (AvgIpc) is 2.77. The standard InChI is InChI=1S/C23H21N3O4S/c1-16-12-13-19(14-21(16)26-31(28,29)20-9-4-3-5-10-20)25-23(27)17(2)30-22-11-7-6-8-18(22)15-24/h3-14,17,26H,1-2H3,(H,25,27). The Kier molecular flexibility index (Phi) is 6.58. The summed E-state index contributed by atoms with van der Waals surface area (Å²) >= 11 is 0. The normalized spacial score (nSPS) is 11.8. The fourth-order valence-corrected chi connectivity index (χ4v) is 3.91. The van der Waals surface area contributed by atoms with E-state index in [1.165, 1.54) is 12.1 Å². The van der Waals surface area contributed by atoms with Gasteiger partial charge in [-0.3, -0.25) is 9.52 Å². The molecule has 0 saturated carbocycles. The molecule has 3 rings (SSSR count). The number of anilines is 2. The number of rotatable bonds is 7. The Morgan fingerprint density at radius 1 is 1.03 bits per heavy atom. The first-order valence-corrected chi connectivity index (χ1v) is 10.9. The van der Waals surface area contributed by atoms with Gasteiger partial charge in [-0.15, -0.1) is 0 Å². The van der Waals surface area contributed by atoms with Crippen molar-refractivity contribution in [1.29, 1.82) is 5.26 Å². The maximum atomic E-state index is 12.6. The first kappa shape index (κ1) is 21.9. The van der Waals surface area contributed by atoms with Crippen LogP contribution < -0.4 is 14.8 Å². The van der Waals surface area contributed by atoms with E-state index in [9.17, 15) is 13.2 Å². The van der Waals surface area contributed by atoms with Gasteiger partial charge in [-0.05, 0) is 55.8 Å². The molecule has 1 unspecified atom stereocenters. The van der Waals surface area contributed by atoms with Crippen LogP contribution >= 0.6 is 0 Å². The molecule has 0 aliphatic rings. The minimum absolute atomic E-state index is 0.141. The summed E-state index contributed by atoms with van der Waals surface area (Å²) in [6, 6.07) is 21.6. The number of aryl methyl sites for hydroxylation is 1. The van der Waals surface area contributed by atoms with Crippen LogP contribution in [0.4, 0.5) is 11.4 Å². The molecule has 0 heterocycles. The van der Waals surface area contributed by atoms with Gasteiger partial charge in [0, 0.05) is 5.69 Å². The van der Waals surface area contributed by atoms with Crippen molar-refractivity contribution in [2.45, 2.75) is 24.8 Å². The first-order valence-electron chi connectivity index (χ1n) is 9.45. The zero-order chi connectivity index (χ0) is 22.4. The number of hydrogen-bond acceptors (Lipinski definition) is 5. The third-order valence-corrected chi connectivity index (χ3v) is 5.86. The zero-order valence-corrected chi connectivity index (χ0v) is 17.8. The lowest BCUT2D eigenvalue weighted by atomic mass is 10.2. The number of carbonyl (C=O) groups excluding carboxylic acids is 1. The maximum Gasteiger partial charge on any atom is 0.265 e. The van der Waals surface area contributed by atoms with Gasteiger partial charge < -0.3 is 10.1 Å². The van der Waals surface area contributed by atoms with Gasteiger partial charge in [0.1, 0.15) is 11.8 Å². The Morgan fingerprint density at radius 3 is 2.42 bits per heavy atom. The number of para-hydroxylation sites is 1. The molecule has 3 aromatic carbocycles. The highest BCUT2D eigenvalue weighted by molar-refractivity contribution is 7.92. The molecule has 0 bridgehead atoms. The summed E-state index contributed by atoms with van der Waals surface area (Å²) in [5, 5.41) is 11.9. The lowest BCUT2D eigenvalue weighted by molar-refractivity contribution is -0.122. The van der Waals surface area contributed by atoms with Crippen molar-refractivity contribution in [2.24, 2.45) is 0 Å². The van der Waals surface area contributed by atoms with E-state index in [0.29, 0.717) is 28.3 Å². The van der Waals surface area contributed by atoms with Gasteiger partial charge >= 0.3 is 0 Å². The van der Waals surface area contributed by atoms with E-state index >= 15 is 0 Å². The zero-order valence-electron chi connectivity index (χ0n) is 17.0. The van der Waals surface area contributed by atoms with Gasteiger partial charge in [-0.1, -0.05) is 36.4 Å². The van der Waals surface area contributed by atoms with E-state index in [1.54, 1.807) is 74.5 Å². The topological polar surface area (TPSA) is 108 Å². The summed E-state index contributed by atoms with van der Waals surface area (Å²) in [7, 11) is -3.76. The Balaban J connectivity index is 1.74. The van der Waals surface area contributed by atoms with E-state index < -0.39 is 22.0 Å². The summed E-state index contributed by atoms with van der Waals surface area (Å²) in [5.41, 5.74) is 1.79. The Hall–Kier alpha value is -3.83. The highest BCUT2D eigenvalue weighted by atomic mass is 32.2. The van der Waals surface area contributed by atoms with E-state index in [4.69, 9.17) is 10.00 Å². The second-order valence-corrected chi connectivity index (χ2v) is 8.49. The molecule has 1 atom stereocenters. The number of carbonyl (C=O) groups is 1. The fraction of sp³-hybridized carbons (Fsp3) is 0.130. The summed E-state index contributed by atoms with van der Waals surface area (Å²) in [4.78, 5) is 12.7. The Morgan fingerprint density at radius 2 is 1.71 bits per heavy atom. The number of amides is 1. The molecule has 0 radical (unpaired) electrons. The van der Waals surface area contributed by atoms with Crippen LogP contribution in [0, 0.1) is 18.3 Å². The van der Waals surface area contributed by atoms with Crippen LogP contribution in [0.2, 0.25) is 0 Å². The summed E-state index contributed by atoms with van der Waals surface area (Å²) in [5.74, 6) is -0.124. The van der Waals surface area contributed by atoms with E-state index in [-0.39, 0.29) is 4.90 Å². The minimum Gasteiger partial charge on any atom is -0.480 e. The quantitative estimate of drug-likeness (QED) is 0.581. The monoisotopic (exact) mass is 435 g/mol. The largest absolute Gasteiger partial charge is 0.480 e. The van der Waals surface area contributed by atoms with E-state index in [2.05, 4.69) is 10.0 Å². The maximum absolute atomic E-state index is 12.6. The predicted octanol–water partition coefficient (Wildman–Crippen LogP) is 4.07. The van der Waals surface area contributed by atoms with Gasteiger partial charge in [0.15, 0.2) is 6.10 Å². The molecule has 158 valence electrons. The minimum atomic E-state index is -3.76. The molecule has 3 aromatic rings.